The van der Waals surface area contributed by atoms with Crippen LogP contribution in [0.4, 0.5) is 4.39 Å². The van der Waals surface area contributed by atoms with E-state index in [1.807, 2.05) is 19.1 Å². The Hall–Kier alpha value is -0.410. The largest absolute Gasteiger partial charge is 0.393 e. The number of hydrogen-bond acceptors (Lipinski definition) is 2. The van der Waals surface area contributed by atoms with Gasteiger partial charge in [0.15, 0.2) is 5.96 Å². The molecule has 0 amide bonds. The van der Waals surface area contributed by atoms with Crippen LogP contribution >= 0.6 is 39.9 Å². The fourth-order valence-corrected chi connectivity index (χ4v) is 3.02. The van der Waals surface area contributed by atoms with Crippen molar-refractivity contribution in [2.24, 2.45) is 4.99 Å². The molecule has 0 atom stereocenters. The van der Waals surface area contributed by atoms with Gasteiger partial charge in [0.25, 0.3) is 0 Å². The van der Waals surface area contributed by atoms with Crippen molar-refractivity contribution in [3.63, 3.8) is 0 Å². The third-order valence-electron chi connectivity index (χ3n) is 3.98. The maximum atomic E-state index is 13.8. The zero-order valence-corrected chi connectivity index (χ0v) is 17.9. The summed E-state index contributed by atoms with van der Waals surface area (Å²) in [5.41, 5.74) is 0.731. The second-order valence-electron chi connectivity index (χ2n) is 5.79. The van der Waals surface area contributed by atoms with Gasteiger partial charge in [-0.3, -0.25) is 4.99 Å². The van der Waals surface area contributed by atoms with E-state index in [0.717, 1.165) is 54.9 Å². The van der Waals surface area contributed by atoms with E-state index in [-0.39, 0.29) is 35.9 Å². The minimum atomic E-state index is -0.186. The Morgan fingerprint density at radius 1 is 1.42 bits per heavy atom. The fourth-order valence-electron chi connectivity index (χ4n) is 2.68. The number of aliphatic hydroxyl groups excluding tert-OH is 1. The highest BCUT2D eigenvalue weighted by molar-refractivity contribution is 14.0. The zero-order chi connectivity index (χ0) is 16.7. The van der Waals surface area contributed by atoms with Crippen LogP contribution in [0.5, 0.6) is 0 Å². The van der Waals surface area contributed by atoms with Crippen molar-refractivity contribution < 1.29 is 9.50 Å². The molecule has 0 aromatic heterocycles. The van der Waals surface area contributed by atoms with E-state index in [1.165, 1.54) is 6.07 Å². The van der Waals surface area contributed by atoms with Gasteiger partial charge in [-0.15, -0.1) is 24.0 Å². The number of likely N-dealkylation sites (tertiary alicyclic amines) is 1. The summed E-state index contributed by atoms with van der Waals surface area (Å²) in [6.07, 6.45) is 2.88. The number of nitrogens with zero attached hydrogens (tertiary/aromatic N) is 2. The monoisotopic (exact) mass is 513 g/mol. The molecule has 0 bridgehead atoms. The second-order valence-corrected chi connectivity index (χ2v) is 6.71. The van der Waals surface area contributed by atoms with Gasteiger partial charge in [-0.2, -0.15) is 0 Å². The Kier molecular flexibility index (Phi) is 10.1. The van der Waals surface area contributed by atoms with Gasteiger partial charge in [-0.25, -0.2) is 4.39 Å². The Morgan fingerprint density at radius 2 is 2.12 bits per heavy atom. The molecule has 0 radical (unpaired) electrons. The van der Waals surface area contributed by atoms with Crippen molar-refractivity contribution in [3.8, 4) is 0 Å². The first-order valence-electron chi connectivity index (χ1n) is 8.25. The van der Waals surface area contributed by atoms with E-state index < -0.39 is 0 Å². The summed E-state index contributed by atoms with van der Waals surface area (Å²) >= 11 is 3.27. The van der Waals surface area contributed by atoms with E-state index in [0.29, 0.717) is 13.0 Å². The van der Waals surface area contributed by atoms with Gasteiger partial charge in [0.2, 0.25) is 0 Å². The summed E-state index contributed by atoms with van der Waals surface area (Å²) < 4.78 is 14.5. The summed E-state index contributed by atoms with van der Waals surface area (Å²) in [7, 11) is 0. The molecule has 2 N–H and O–H groups in total. The lowest BCUT2D eigenvalue weighted by atomic mass is 10.1. The van der Waals surface area contributed by atoms with Crippen molar-refractivity contribution in [2.75, 3.05) is 26.2 Å². The maximum absolute atomic E-state index is 13.8. The molecule has 24 heavy (non-hydrogen) atoms. The van der Waals surface area contributed by atoms with Crippen molar-refractivity contribution in [1.29, 1.82) is 0 Å². The second kappa shape index (κ2) is 11.3. The Bertz CT molecular complexity index is 537. The molecule has 0 saturated carbocycles. The van der Waals surface area contributed by atoms with E-state index in [9.17, 15) is 9.50 Å². The Labute approximate surface area is 169 Å². The number of rotatable bonds is 5. The predicted molar refractivity (Wildman–Crippen MR) is 111 cm³/mol. The molecule has 0 spiro atoms. The first-order valence-corrected chi connectivity index (χ1v) is 9.04. The van der Waals surface area contributed by atoms with Gasteiger partial charge >= 0.3 is 0 Å². The van der Waals surface area contributed by atoms with E-state index >= 15 is 0 Å². The van der Waals surface area contributed by atoms with Crippen molar-refractivity contribution in [1.82, 2.24) is 10.2 Å². The third kappa shape index (κ3) is 6.84. The standard InChI is InChI=1S/C17H25BrFN3O.HI/c1-2-20-17(22-10-7-15(23)8-11-22)21-9-3-4-13-5-6-14(18)12-16(13)19;/h5-6,12,15,23H,2-4,7-11H2,1H3,(H,20,21);1H. The maximum Gasteiger partial charge on any atom is 0.193 e. The first kappa shape index (κ1) is 21.6. The predicted octanol–water partition coefficient (Wildman–Crippen LogP) is 3.56. The summed E-state index contributed by atoms with van der Waals surface area (Å²) in [5, 5.41) is 12.9. The molecular formula is C17H26BrFIN3O. The molecule has 1 aromatic carbocycles. The van der Waals surface area contributed by atoms with Crippen LogP contribution in [0.2, 0.25) is 0 Å². The molecule has 1 aliphatic rings. The quantitative estimate of drug-likeness (QED) is 0.274. The summed E-state index contributed by atoms with van der Waals surface area (Å²) in [6, 6.07) is 5.19. The normalized spacial score (nSPS) is 16.0. The number of hydrogen-bond donors (Lipinski definition) is 2. The molecule has 1 aliphatic heterocycles. The van der Waals surface area contributed by atoms with Crippen molar-refractivity contribution >= 4 is 45.9 Å². The summed E-state index contributed by atoms with van der Waals surface area (Å²) in [5.74, 6) is 0.732. The van der Waals surface area contributed by atoms with E-state index in [4.69, 9.17) is 0 Å². The molecule has 0 aliphatic carbocycles. The van der Waals surface area contributed by atoms with Gasteiger partial charge < -0.3 is 15.3 Å². The third-order valence-corrected chi connectivity index (χ3v) is 4.47. The van der Waals surface area contributed by atoms with Gasteiger partial charge in [-0.05, 0) is 50.3 Å². The molecule has 1 fully saturated rings. The highest BCUT2D eigenvalue weighted by Crippen LogP contribution is 2.16. The van der Waals surface area contributed by atoms with Gasteiger partial charge in [0.1, 0.15) is 5.82 Å². The van der Waals surface area contributed by atoms with Gasteiger partial charge in [-0.1, -0.05) is 22.0 Å². The topological polar surface area (TPSA) is 47.9 Å². The molecule has 4 nitrogen and oxygen atoms in total. The number of piperidine rings is 1. The SMILES string of the molecule is CCNC(=NCCCc1ccc(Br)cc1F)N1CCC(O)CC1.I. The minimum Gasteiger partial charge on any atom is -0.393 e. The molecular weight excluding hydrogens is 488 g/mol. The van der Waals surface area contributed by atoms with Crippen LogP contribution in [-0.4, -0.2) is 48.2 Å². The number of aryl methyl sites for hydroxylation is 1. The fraction of sp³-hybridized carbons (Fsp3) is 0.588. The zero-order valence-electron chi connectivity index (χ0n) is 14.0. The number of guanidine groups is 1. The highest BCUT2D eigenvalue weighted by atomic mass is 127. The molecule has 1 heterocycles. The van der Waals surface area contributed by atoms with Crippen LogP contribution in [0.3, 0.4) is 0 Å². The highest BCUT2D eigenvalue weighted by Gasteiger charge is 2.19. The summed E-state index contributed by atoms with van der Waals surface area (Å²) in [6.45, 7) is 5.18. The first-order chi connectivity index (χ1) is 11.1. The molecule has 7 heteroatoms. The van der Waals surface area contributed by atoms with Crippen LogP contribution < -0.4 is 5.32 Å². The smallest absolute Gasteiger partial charge is 0.193 e. The van der Waals surface area contributed by atoms with Crippen LogP contribution in [0.1, 0.15) is 31.7 Å². The van der Waals surface area contributed by atoms with Crippen molar-refractivity contribution in [2.45, 2.75) is 38.7 Å². The number of aliphatic hydroxyl groups is 1. The number of nitrogens with one attached hydrogen (secondary N) is 1. The van der Waals surface area contributed by atoms with E-state index in [1.54, 1.807) is 0 Å². The van der Waals surface area contributed by atoms with Gasteiger partial charge in [0, 0.05) is 30.7 Å². The van der Waals surface area contributed by atoms with E-state index in [2.05, 4.69) is 31.1 Å². The average molecular weight is 514 g/mol. The Balaban J connectivity index is 0.00000288. The lowest BCUT2D eigenvalue weighted by Gasteiger charge is -2.32. The van der Waals surface area contributed by atoms with Gasteiger partial charge in [0.05, 0.1) is 6.10 Å². The average Bonchev–Trinajstić information content (AvgIpc) is 2.53. The number of aliphatic imine (C=N–C) groups is 1. The van der Waals surface area contributed by atoms with Crippen LogP contribution in [0.15, 0.2) is 27.7 Å². The minimum absolute atomic E-state index is 0. The number of halogens is 3. The summed E-state index contributed by atoms with van der Waals surface area (Å²) in [4.78, 5) is 6.83. The molecule has 0 unspecified atom stereocenters. The lowest BCUT2D eigenvalue weighted by molar-refractivity contribution is 0.108. The molecule has 1 aromatic rings. The van der Waals surface area contributed by atoms with Crippen LogP contribution in [-0.2, 0) is 6.42 Å². The molecule has 1 saturated heterocycles. The Morgan fingerprint density at radius 3 is 2.75 bits per heavy atom. The van der Waals surface area contributed by atoms with Crippen LogP contribution in [0, 0.1) is 5.82 Å². The molecule has 2 rings (SSSR count). The van der Waals surface area contributed by atoms with Crippen LogP contribution in [0.25, 0.3) is 0 Å². The molecule has 136 valence electrons. The van der Waals surface area contributed by atoms with Crippen molar-refractivity contribution in [3.05, 3.63) is 34.1 Å². The lowest BCUT2D eigenvalue weighted by Crippen LogP contribution is -2.46. The number of benzene rings is 1.